The van der Waals surface area contributed by atoms with E-state index in [1.165, 1.54) is 18.2 Å². The summed E-state index contributed by atoms with van der Waals surface area (Å²) in [5, 5.41) is 19.0. The third-order valence-corrected chi connectivity index (χ3v) is 1.54. The number of nitro benzene ring substituents is 1. The smallest absolute Gasteiger partial charge is 0.276 e. The van der Waals surface area contributed by atoms with Crippen LogP contribution >= 0.6 is 0 Å². The average molecular weight is 179 g/mol. The zero-order valence-corrected chi connectivity index (χ0v) is 6.88. The first kappa shape index (κ1) is 9.41. The summed E-state index contributed by atoms with van der Waals surface area (Å²) in [5.41, 5.74) is 0.550. The molecule has 0 spiro atoms. The highest BCUT2D eigenvalue weighted by Gasteiger charge is 2.08. The molecule has 1 aromatic carbocycles. The van der Waals surface area contributed by atoms with Crippen molar-refractivity contribution in [2.24, 2.45) is 0 Å². The van der Waals surface area contributed by atoms with Crippen LogP contribution in [0.5, 0.6) is 0 Å². The summed E-state index contributed by atoms with van der Waals surface area (Å²) in [6.45, 7) is -0.119. The quantitative estimate of drug-likeness (QED) is 0.566. The van der Waals surface area contributed by atoms with Gasteiger partial charge in [0.2, 0.25) is 0 Å². The predicted molar refractivity (Wildman–Crippen MR) is 49.2 cm³/mol. The summed E-state index contributed by atoms with van der Waals surface area (Å²) in [4.78, 5) is 10.0. The Morgan fingerprint density at radius 3 is 2.77 bits per heavy atom. The number of hydrogen-bond donors (Lipinski definition) is 1. The molecule has 4 heteroatoms. The lowest BCUT2D eigenvalue weighted by Gasteiger charge is -1.95. The standard InChI is InChI=1S/C9H9NO3/c11-7-3-5-8-4-1-2-6-9(8)10(12)13/h1-6,11H,7H2. The van der Waals surface area contributed by atoms with Crippen molar-refractivity contribution in [3.63, 3.8) is 0 Å². The first-order chi connectivity index (χ1) is 6.25. The lowest BCUT2D eigenvalue weighted by molar-refractivity contribution is -0.385. The van der Waals surface area contributed by atoms with Gasteiger partial charge in [-0.05, 0) is 12.1 Å². The van der Waals surface area contributed by atoms with Crippen molar-refractivity contribution in [2.75, 3.05) is 6.61 Å². The van der Waals surface area contributed by atoms with E-state index in [0.29, 0.717) is 5.56 Å². The molecule has 1 aromatic rings. The van der Waals surface area contributed by atoms with Gasteiger partial charge in [-0.1, -0.05) is 18.2 Å². The Bertz CT molecular complexity index is 333. The van der Waals surface area contributed by atoms with Crippen molar-refractivity contribution in [3.8, 4) is 0 Å². The molecule has 0 heterocycles. The first-order valence-corrected chi connectivity index (χ1v) is 3.76. The molecule has 0 aliphatic rings. The van der Waals surface area contributed by atoms with Crippen molar-refractivity contribution in [1.29, 1.82) is 0 Å². The van der Waals surface area contributed by atoms with Crippen LogP contribution in [0.25, 0.3) is 6.08 Å². The number of benzene rings is 1. The topological polar surface area (TPSA) is 63.4 Å². The molecule has 0 radical (unpaired) electrons. The van der Waals surface area contributed by atoms with E-state index in [4.69, 9.17) is 5.11 Å². The minimum Gasteiger partial charge on any atom is -0.392 e. The fourth-order valence-corrected chi connectivity index (χ4v) is 0.974. The fourth-order valence-electron chi connectivity index (χ4n) is 0.974. The molecule has 0 aromatic heterocycles. The Hall–Kier alpha value is -1.68. The monoisotopic (exact) mass is 179 g/mol. The maximum atomic E-state index is 10.5. The van der Waals surface area contributed by atoms with Gasteiger partial charge in [0.05, 0.1) is 17.1 Å². The third-order valence-electron chi connectivity index (χ3n) is 1.54. The van der Waals surface area contributed by atoms with Gasteiger partial charge >= 0.3 is 0 Å². The van der Waals surface area contributed by atoms with Crippen molar-refractivity contribution in [2.45, 2.75) is 0 Å². The van der Waals surface area contributed by atoms with Crippen molar-refractivity contribution in [1.82, 2.24) is 0 Å². The highest BCUT2D eigenvalue weighted by molar-refractivity contribution is 5.60. The second-order valence-electron chi connectivity index (χ2n) is 2.40. The summed E-state index contributed by atoms with van der Waals surface area (Å²) < 4.78 is 0. The lowest BCUT2D eigenvalue weighted by atomic mass is 10.1. The number of aliphatic hydroxyl groups is 1. The van der Waals surface area contributed by atoms with Crippen LogP contribution in [0.3, 0.4) is 0 Å². The Kier molecular flexibility index (Phi) is 3.16. The Balaban J connectivity index is 3.05. The number of nitro groups is 1. The second-order valence-corrected chi connectivity index (χ2v) is 2.40. The van der Waals surface area contributed by atoms with Gasteiger partial charge in [-0.2, -0.15) is 0 Å². The van der Waals surface area contributed by atoms with Gasteiger partial charge < -0.3 is 5.11 Å². The predicted octanol–water partition coefficient (Wildman–Crippen LogP) is 1.60. The minimum absolute atomic E-state index is 0.0483. The third kappa shape index (κ3) is 2.38. The van der Waals surface area contributed by atoms with Crippen LogP contribution in [0.15, 0.2) is 30.3 Å². The van der Waals surface area contributed by atoms with Gasteiger partial charge in [0.1, 0.15) is 0 Å². The molecule has 0 unspecified atom stereocenters. The van der Waals surface area contributed by atoms with Gasteiger partial charge in [0.25, 0.3) is 5.69 Å². The number of hydrogen-bond acceptors (Lipinski definition) is 3. The van der Waals surface area contributed by atoms with E-state index in [1.54, 1.807) is 18.2 Å². The molecule has 0 saturated heterocycles. The maximum Gasteiger partial charge on any atom is 0.276 e. The SMILES string of the molecule is O=[N+]([O-])c1ccccc1C=CCO. The molecule has 0 atom stereocenters. The van der Waals surface area contributed by atoms with E-state index in [2.05, 4.69) is 0 Å². The number of aliphatic hydroxyl groups excluding tert-OH is 1. The van der Waals surface area contributed by atoms with E-state index in [9.17, 15) is 10.1 Å². The normalized spacial score (nSPS) is 10.5. The molecule has 1 rings (SSSR count). The summed E-state index contributed by atoms with van der Waals surface area (Å²) in [6, 6.07) is 6.37. The molecule has 0 saturated carbocycles. The first-order valence-electron chi connectivity index (χ1n) is 3.76. The van der Waals surface area contributed by atoms with Crippen LogP contribution < -0.4 is 0 Å². The molecular weight excluding hydrogens is 170 g/mol. The number of para-hydroxylation sites is 1. The van der Waals surface area contributed by atoms with Crippen LogP contribution in [-0.4, -0.2) is 16.6 Å². The number of nitrogens with zero attached hydrogens (tertiary/aromatic N) is 1. The van der Waals surface area contributed by atoms with Crippen LogP contribution in [0, 0.1) is 10.1 Å². The van der Waals surface area contributed by atoms with Crippen molar-refractivity contribution < 1.29 is 10.0 Å². The van der Waals surface area contributed by atoms with Crippen LogP contribution in [-0.2, 0) is 0 Å². The molecule has 1 N–H and O–H groups in total. The molecule has 0 bridgehead atoms. The fraction of sp³-hybridized carbons (Fsp3) is 0.111. The molecule has 68 valence electrons. The van der Waals surface area contributed by atoms with Gasteiger partial charge in [-0.25, -0.2) is 0 Å². The van der Waals surface area contributed by atoms with Crippen LogP contribution in [0.2, 0.25) is 0 Å². The molecule has 13 heavy (non-hydrogen) atoms. The van der Waals surface area contributed by atoms with Crippen molar-refractivity contribution in [3.05, 3.63) is 46.0 Å². The van der Waals surface area contributed by atoms with E-state index in [0.717, 1.165) is 0 Å². The van der Waals surface area contributed by atoms with Crippen LogP contribution in [0.1, 0.15) is 5.56 Å². The van der Waals surface area contributed by atoms with Crippen molar-refractivity contribution >= 4 is 11.8 Å². The zero-order valence-electron chi connectivity index (χ0n) is 6.88. The summed E-state index contributed by atoms with van der Waals surface area (Å²) in [6.07, 6.45) is 2.99. The minimum atomic E-state index is -0.447. The second kappa shape index (κ2) is 4.37. The molecule has 0 aliphatic heterocycles. The van der Waals surface area contributed by atoms with E-state index < -0.39 is 4.92 Å². The zero-order chi connectivity index (χ0) is 9.68. The number of rotatable bonds is 3. The molecule has 4 nitrogen and oxygen atoms in total. The summed E-state index contributed by atoms with van der Waals surface area (Å²) >= 11 is 0. The highest BCUT2D eigenvalue weighted by Crippen LogP contribution is 2.18. The summed E-state index contributed by atoms with van der Waals surface area (Å²) in [5.74, 6) is 0. The van der Waals surface area contributed by atoms with Gasteiger partial charge in [-0.15, -0.1) is 0 Å². The molecule has 0 fully saturated rings. The average Bonchev–Trinajstić information content (AvgIpc) is 2.15. The van der Waals surface area contributed by atoms with Gasteiger partial charge in [-0.3, -0.25) is 10.1 Å². The Morgan fingerprint density at radius 1 is 1.46 bits per heavy atom. The Labute approximate surface area is 75.3 Å². The van der Waals surface area contributed by atoms with Gasteiger partial charge in [0.15, 0.2) is 0 Å². The maximum absolute atomic E-state index is 10.5. The largest absolute Gasteiger partial charge is 0.392 e. The van der Waals surface area contributed by atoms with E-state index in [-0.39, 0.29) is 12.3 Å². The molecule has 0 aliphatic carbocycles. The van der Waals surface area contributed by atoms with Gasteiger partial charge in [0, 0.05) is 6.07 Å². The van der Waals surface area contributed by atoms with E-state index >= 15 is 0 Å². The highest BCUT2D eigenvalue weighted by atomic mass is 16.6. The molecule has 0 amide bonds. The summed E-state index contributed by atoms with van der Waals surface area (Å²) in [7, 11) is 0. The lowest BCUT2D eigenvalue weighted by Crippen LogP contribution is -1.90. The molecular formula is C9H9NO3. The Morgan fingerprint density at radius 2 is 2.15 bits per heavy atom. The van der Waals surface area contributed by atoms with Crippen LogP contribution in [0.4, 0.5) is 5.69 Å². The van der Waals surface area contributed by atoms with E-state index in [1.807, 2.05) is 0 Å².